The van der Waals surface area contributed by atoms with Crippen molar-refractivity contribution in [2.45, 2.75) is 26.7 Å². The molecule has 4 heteroatoms. The maximum Gasteiger partial charge on any atom is 0.254 e. The third-order valence-corrected chi connectivity index (χ3v) is 3.97. The minimum absolute atomic E-state index is 0. The number of piperidine rings is 1. The van der Waals surface area contributed by atoms with E-state index in [1.165, 1.54) is 5.56 Å². The number of amides is 1. The van der Waals surface area contributed by atoms with Crippen LogP contribution in [-0.4, -0.2) is 30.4 Å². The summed E-state index contributed by atoms with van der Waals surface area (Å²) in [4.78, 5) is 14.5. The molecular formula is C15H23ClN2O. The van der Waals surface area contributed by atoms with Crippen molar-refractivity contribution >= 4 is 18.3 Å². The zero-order valence-corrected chi connectivity index (χ0v) is 12.5. The van der Waals surface area contributed by atoms with Gasteiger partial charge in [0.2, 0.25) is 0 Å². The van der Waals surface area contributed by atoms with Gasteiger partial charge in [0, 0.05) is 18.7 Å². The fraction of sp³-hybridized carbons (Fsp3) is 0.533. The summed E-state index contributed by atoms with van der Waals surface area (Å²) in [5.74, 6) is 0.627. The van der Waals surface area contributed by atoms with E-state index in [1.807, 2.05) is 36.9 Å². The second-order valence-electron chi connectivity index (χ2n) is 5.24. The Balaban J connectivity index is 0.00000180. The lowest BCUT2D eigenvalue weighted by molar-refractivity contribution is 0.0677. The number of benzene rings is 1. The van der Waals surface area contributed by atoms with Gasteiger partial charge in [0.1, 0.15) is 0 Å². The van der Waals surface area contributed by atoms with Crippen molar-refractivity contribution in [2.24, 2.45) is 11.7 Å². The van der Waals surface area contributed by atoms with Crippen molar-refractivity contribution < 1.29 is 4.79 Å². The van der Waals surface area contributed by atoms with Gasteiger partial charge >= 0.3 is 0 Å². The molecule has 1 fully saturated rings. The Morgan fingerprint density at radius 3 is 2.84 bits per heavy atom. The highest BCUT2D eigenvalue weighted by atomic mass is 35.5. The maximum absolute atomic E-state index is 12.5. The number of carbonyl (C=O) groups is 1. The molecule has 1 unspecified atom stereocenters. The SMILES string of the molecule is Cc1cccc(C(=O)N2CCCC(CN)C2)c1C.Cl. The van der Waals surface area contributed by atoms with Crippen LogP contribution in [0, 0.1) is 19.8 Å². The van der Waals surface area contributed by atoms with Crippen molar-refractivity contribution in [1.29, 1.82) is 0 Å². The third kappa shape index (κ3) is 3.48. The van der Waals surface area contributed by atoms with Crippen molar-refractivity contribution in [3.63, 3.8) is 0 Å². The second kappa shape index (κ2) is 6.92. The van der Waals surface area contributed by atoms with Crippen molar-refractivity contribution in [2.75, 3.05) is 19.6 Å². The highest BCUT2D eigenvalue weighted by Gasteiger charge is 2.24. The number of halogens is 1. The van der Waals surface area contributed by atoms with Crippen molar-refractivity contribution in [3.05, 3.63) is 34.9 Å². The van der Waals surface area contributed by atoms with Crippen molar-refractivity contribution in [1.82, 2.24) is 4.90 Å². The van der Waals surface area contributed by atoms with E-state index in [-0.39, 0.29) is 18.3 Å². The average Bonchev–Trinajstić information content (AvgIpc) is 2.41. The molecule has 1 aromatic rings. The lowest BCUT2D eigenvalue weighted by atomic mass is 9.96. The summed E-state index contributed by atoms with van der Waals surface area (Å²) >= 11 is 0. The van der Waals surface area contributed by atoms with E-state index >= 15 is 0 Å². The lowest BCUT2D eigenvalue weighted by Crippen LogP contribution is -2.42. The molecule has 1 aliphatic rings. The summed E-state index contributed by atoms with van der Waals surface area (Å²) < 4.78 is 0. The largest absolute Gasteiger partial charge is 0.338 e. The monoisotopic (exact) mass is 282 g/mol. The maximum atomic E-state index is 12.5. The fourth-order valence-corrected chi connectivity index (χ4v) is 2.60. The Morgan fingerprint density at radius 2 is 2.16 bits per heavy atom. The van der Waals surface area contributed by atoms with Crippen LogP contribution in [0.4, 0.5) is 0 Å². The normalized spacial score (nSPS) is 18.9. The molecule has 1 heterocycles. The first-order chi connectivity index (χ1) is 8.63. The molecule has 2 rings (SSSR count). The lowest BCUT2D eigenvalue weighted by Gasteiger charge is -2.32. The number of likely N-dealkylation sites (tertiary alicyclic amines) is 1. The van der Waals surface area contributed by atoms with Crippen LogP contribution in [0.2, 0.25) is 0 Å². The first-order valence-electron chi connectivity index (χ1n) is 6.69. The van der Waals surface area contributed by atoms with Gasteiger partial charge in [-0.05, 0) is 56.3 Å². The molecule has 0 aliphatic carbocycles. The van der Waals surface area contributed by atoms with Gasteiger partial charge in [-0.3, -0.25) is 4.79 Å². The molecule has 19 heavy (non-hydrogen) atoms. The number of nitrogens with two attached hydrogens (primary N) is 1. The molecule has 3 nitrogen and oxygen atoms in total. The molecule has 0 aromatic heterocycles. The summed E-state index contributed by atoms with van der Waals surface area (Å²) in [6.45, 7) is 6.42. The number of nitrogens with zero attached hydrogens (tertiary/aromatic N) is 1. The quantitative estimate of drug-likeness (QED) is 0.906. The molecule has 1 aromatic carbocycles. The second-order valence-corrected chi connectivity index (χ2v) is 5.24. The van der Waals surface area contributed by atoms with E-state index in [0.717, 1.165) is 37.1 Å². The molecule has 1 atom stereocenters. The number of carbonyl (C=O) groups excluding carboxylic acids is 1. The van der Waals surface area contributed by atoms with Gasteiger partial charge in [-0.2, -0.15) is 0 Å². The van der Waals surface area contributed by atoms with Crippen LogP contribution in [0.5, 0.6) is 0 Å². The molecule has 0 radical (unpaired) electrons. The minimum atomic E-state index is 0. The minimum Gasteiger partial charge on any atom is -0.338 e. The topological polar surface area (TPSA) is 46.3 Å². The number of hydrogen-bond donors (Lipinski definition) is 1. The van der Waals surface area contributed by atoms with E-state index in [1.54, 1.807) is 0 Å². The van der Waals surface area contributed by atoms with Crippen LogP contribution in [0.15, 0.2) is 18.2 Å². The van der Waals surface area contributed by atoms with Crippen molar-refractivity contribution in [3.8, 4) is 0 Å². The van der Waals surface area contributed by atoms with E-state index in [0.29, 0.717) is 12.5 Å². The summed E-state index contributed by atoms with van der Waals surface area (Å²) in [6, 6.07) is 5.93. The summed E-state index contributed by atoms with van der Waals surface area (Å²) in [7, 11) is 0. The average molecular weight is 283 g/mol. The van der Waals surface area contributed by atoms with E-state index in [2.05, 4.69) is 0 Å². The van der Waals surface area contributed by atoms with Gasteiger partial charge in [0.05, 0.1) is 0 Å². The summed E-state index contributed by atoms with van der Waals surface area (Å²) in [5, 5.41) is 0. The van der Waals surface area contributed by atoms with Crippen LogP contribution >= 0.6 is 12.4 Å². The molecule has 106 valence electrons. The highest BCUT2D eigenvalue weighted by molar-refractivity contribution is 5.96. The molecule has 1 amide bonds. The van der Waals surface area contributed by atoms with Gasteiger partial charge in [-0.25, -0.2) is 0 Å². The smallest absolute Gasteiger partial charge is 0.254 e. The molecule has 1 aliphatic heterocycles. The Morgan fingerprint density at radius 1 is 1.42 bits per heavy atom. The van der Waals surface area contributed by atoms with Gasteiger partial charge in [0.15, 0.2) is 0 Å². The Bertz CT molecular complexity index is 448. The molecule has 1 saturated heterocycles. The molecule has 0 spiro atoms. The molecule has 0 bridgehead atoms. The van der Waals surface area contributed by atoms with Crippen LogP contribution in [0.3, 0.4) is 0 Å². The standard InChI is InChI=1S/C15H22N2O.ClH/c1-11-5-3-7-14(12(11)2)15(18)17-8-4-6-13(9-16)10-17;/h3,5,7,13H,4,6,8-10,16H2,1-2H3;1H. The Kier molecular flexibility index (Phi) is 5.83. The van der Waals surface area contributed by atoms with E-state index in [4.69, 9.17) is 5.73 Å². The van der Waals surface area contributed by atoms with Crippen LogP contribution in [0.25, 0.3) is 0 Å². The van der Waals surface area contributed by atoms with Gasteiger partial charge in [-0.1, -0.05) is 12.1 Å². The number of hydrogen-bond acceptors (Lipinski definition) is 2. The van der Waals surface area contributed by atoms with Crippen LogP contribution < -0.4 is 5.73 Å². The molecule has 0 saturated carbocycles. The predicted octanol–water partition coefficient (Wildman–Crippen LogP) is 2.54. The first-order valence-corrected chi connectivity index (χ1v) is 6.69. The molecule has 2 N–H and O–H groups in total. The van der Waals surface area contributed by atoms with Crippen LogP contribution in [0.1, 0.15) is 34.3 Å². The Hall–Kier alpha value is -1.06. The fourth-order valence-electron chi connectivity index (χ4n) is 2.60. The zero-order valence-electron chi connectivity index (χ0n) is 11.7. The number of rotatable bonds is 2. The van der Waals surface area contributed by atoms with E-state index < -0.39 is 0 Å². The number of aryl methyl sites for hydroxylation is 1. The van der Waals surface area contributed by atoms with Crippen LogP contribution in [-0.2, 0) is 0 Å². The predicted molar refractivity (Wildman–Crippen MR) is 80.8 cm³/mol. The van der Waals surface area contributed by atoms with Gasteiger partial charge in [0.25, 0.3) is 5.91 Å². The van der Waals surface area contributed by atoms with Gasteiger partial charge < -0.3 is 10.6 Å². The first kappa shape index (κ1) is 16.0. The summed E-state index contributed by atoms with van der Waals surface area (Å²) in [5.41, 5.74) is 8.83. The van der Waals surface area contributed by atoms with E-state index in [9.17, 15) is 4.79 Å². The molecular weight excluding hydrogens is 260 g/mol. The third-order valence-electron chi connectivity index (χ3n) is 3.97. The van der Waals surface area contributed by atoms with Gasteiger partial charge in [-0.15, -0.1) is 12.4 Å². The Labute approximate surface area is 121 Å². The highest BCUT2D eigenvalue weighted by Crippen LogP contribution is 2.20. The zero-order chi connectivity index (χ0) is 13.1. The summed E-state index contributed by atoms with van der Waals surface area (Å²) in [6.07, 6.45) is 2.21.